The summed E-state index contributed by atoms with van der Waals surface area (Å²) >= 11 is 0. The minimum absolute atomic E-state index is 0.0217. The van der Waals surface area contributed by atoms with Gasteiger partial charge >= 0.3 is 0 Å². The molecule has 1 spiro atoms. The Kier molecular flexibility index (Phi) is 3.12. The Balaban J connectivity index is 1.82. The van der Waals surface area contributed by atoms with E-state index in [9.17, 15) is 9.18 Å². The molecule has 3 heterocycles. The predicted octanol–water partition coefficient (Wildman–Crippen LogP) is 3.23. The van der Waals surface area contributed by atoms with Crippen LogP contribution in [0.3, 0.4) is 0 Å². The molecule has 0 unspecified atom stereocenters. The molecule has 3 aromatic rings. The van der Waals surface area contributed by atoms with Gasteiger partial charge in [-0.25, -0.2) is 4.39 Å². The van der Waals surface area contributed by atoms with Crippen molar-refractivity contribution in [1.29, 1.82) is 0 Å². The fourth-order valence-corrected chi connectivity index (χ4v) is 4.44. The second-order valence-electron chi connectivity index (χ2n) is 6.82. The van der Waals surface area contributed by atoms with Gasteiger partial charge in [-0.05, 0) is 36.2 Å². The maximum absolute atomic E-state index is 13.8. The lowest BCUT2D eigenvalue weighted by Gasteiger charge is -2.34. The SMILES string of the molecule is C=CCN1C(=O)[C@]2(NCCc3c2[nH]c2ccc(F)cc32)c2ccccc21. The number of para-hydroxylation sites is 1. The van der Waals surface area contributed by atoms with Crippen molar-refractivity contribution in [2.45, 2.75) is 12.0 Å². The zero-order valence-electron chi connectivity index (χ0n) is 14.2. The molecule has 2 aliphatic heterocycles. The third kappa shape index (κ3) is 1.78. The lowest BCUT2D eigenvalue weighted by Crippen LogP contribution is -2.55. The molecule has 2 aliphatic rings. The molecule has 0 radical (unpaired) electrons. The molecule has 2 N–H and O–H groups in total. The number of rotatable bonds is 2. The van der Waals surface area contributed by atoms with Crippen molar-refractivity contribution in [2.24, 2.45) is 0 Å². The van der Waals surface area contributed by atoms with E-state index in [-0.39, 0.29) is 11.7 Å². The highest BCUT2D eigenvalue weighted by Gasteiger charge is 2.54. The van der Waals surface area contributed by atoms with Crippen molar-refractivity contribution >= 4 is 22.5 Å². The van der Waals surface area contributed by atoms with Gasteiger partial charge in [0.2, 0.25) is 0 Å². The van der Waals surface area contributed by atoms with E-state index in [4.69, 9.17) is 0 Å². The van der Waals surface area contributed by atoms with Crippen molar-refractivity contribution in [3.05, 3.63) is 77.8 Å². The summed E-state index contributed by atoms with van der Waals surface area (Å²) in [6.45, 7) is 4.89. The molecule has 130 valence electrons. The molecule has 0 saturated heterocycles. The van der Waals surface area contributed by atoms with Gasteiger partial charge in [0.05, 0.1) is 11.4 Å². The smallest absolute Gasteiger partial charge is 0.258 e. The van der Waals surface area contributed by atoms with Crippen molar-refractivity contribution in [3.63, 3.8) is 0 Å². The molecule has 2 aromatic carbocycles. The summed E-state index contributed by atoms with van der Waals surface area (Å²) in [5.41, 5.74) is 3.56. The number of carbonyl (C=O) groups excluding carboxylic acids is 1. The molecule has 4 nitrogen and oxygen atoms in total. The molecule has 0 fully saturated rings. The van der Waals surface area contributed by atoms with Gasteiger partial charge in [0.25, 0.3) is 5.91 Å². The summed E-state index contributed by atoms with van der Waals surface area (Å²) in [6, 6.07) is 12.6. The van der Waals surface area contributed by atoms with Crippen molar-refractivity contribution in [3.8, 4) is 0 Å². The summed E-state index contributed by atoms with van der Waals surface area (Å²) in [5.74, 6) is -0.287. The number of aromatic amines is 1. The molecule has 26 heavy (non-hydrogen) atoms. The van der Waals surface area contributed by atoms with E-state index < -0.39 is 5.54 Å². The summed E-state index contributed by atoms with van der Waals surface area (Å²) in [7, 11) is 0. The zero-order valence-corrected chi connectivity index (χ0v) is 14.2. The number of nitrogens with one attached hydrogen (secondary N) is 2. The number of hydrogen-bond donors (Lipinski definition) is 2. The summed E-state index contributed by atoms with van der Waals surface area (Å²) in [6.07, 6.45) is 2.48. The van der Waals surface area contributed by atoms with Gasteiger partial charge in [0.15, 0.2) is 5.54 Å². The quantitative estimate of drug-likeness (QED) is 0.699. The summed E-state index contributed by atoms with van der Waals surface area (Å²) in [5, 5.41) is 4.33. The van der Waals surface area contributed by atoms with E-state index in [1.165, 1.54) is 6.07 Å². The van der Waals surface area contributed by atoms with Gasteiger partial charge in [-0.3, -0.25) is 10.1 Å². The van der Waals surface area contributed by atoms with Crippen molar-refractivity contribution in [2.75, 3.05) is 18.0 Å². The molecule has 1 amide bonds. The summed E-state index contributed by atoms with van der Waals surface area (Å²) < 4.78 is 13.8. The van der Waals surface area contributed by atoms with Crippen LogP contribution in [-0.4, -0.2) is 24.0 Å². The van der Waals surface area contributed by atoms with Crippen LogP contribution in [0.25, 0.3) is 10.9 Å². The fourth-order valence-electron chi connectivity index (χ4n) is 4.44. The summed E-state index contributed by atoms with van der Waals surface area (Å²) in [4.78, 5) is 18.7. The average molecular weight is 347 g/mol. The van der Waals surface area contributed by atoms with Crippen LogP contribution in [0.4, 0.5) is 10.1 Å². The topological polar surface area (TPSA) is 48.1 Å². The molecular weight excluding hydrogens is 329 g/mol. The number of H-pyrrole nitrogens is 1. The number of fused-ring (bicyclic) bond motifs is 6. The van der Waals surface area contributed by atoms with Gasteiger partial charge in [0, 0.05) is 29.6 Å². The lowest BCUT2D eigenvalue weighted by molar-refractivity contribution is -0.123. The third-order valence-electron chi connectivity index (χ3n) is 5.48. The Morgan fingerprint density at radius 1 is 1.27 bits per heavy atom. The van der Waals surface area contributed by atoms with E-state index in [1.54, 1.807) is 23.1 Å². The van der Waals surface area contributed by atoms with Crippen LogP contribution < -0.4 is 10.2 Å². The van der Waals surface area contributed by atoms with Gasteiger partial charge < -0.3 is 9.88 Å². The highest BCUT2D eigenvalue weighted by molar-refractivity contribution is 6.11. The number of halogens is 1. The second kappa shape index (κ2) is 5.29. The van der Waals surface area contributed by atoms with Crippen LogP contribution in [0.15, 0.2) is 55.1 Å². The Morgan fingerprint density at radius 3 is 2.96 bits per heavy atom. The lowest BCUT2D eigenvalue weighted by atomic mass is 9.82. The van der Waals surface area contributed by atoms with E-state index in [0.717, 1.165) is 39.8 Å². The first-order valence-electron chi connectivity index (χ1n) is 8.75. The van der Waals surface area contributed by atoms with Crippen LogP contribution in [0, 0.1) is 5.82 Å². The second-order valence-corrected chi connectivity index (χ2v) is 6.82. The molecule has 0 aliphatic carbocycles. The van der Waals surface area contributed by atoms with Crippen LogP contribution in [0.1, 0.15) is 16.8 Å². The Labute approximate surface area is 150 Å². The molecule has 0 bridgehead atoms. The van der Waals surface area contributed by atoms with Gasteiger partial charge in [-0.2, -0.15) is 0 Å². The monoisotopic (exact) mass is 347 g/mol. The highest BCUT2D eigenvalue weighted by atomic mass is 19.1. The number of aromatic nitrogens is 1. The van der Waals surface area contributed by atoms with Crippen LogP contribution in [0.5, 0.6) is 0 Å². The molecule has 5 rings (SSSR count). The minimum Gasteiger partial charge on any atom is -0.356 e. The standard InChI is InChI=1S/C21H18FN3O/c1-2-11-25-18-6-4-3-5-16(18)21(20(25)26)19-14(9-10-23-21)15-12-13(22)7-8-17(15)24-19/h2-8,12,23-24H,1,9-11H2/t21-/m0/s1. The van der Waals surface area contributed by atoms with Crippen LogP contribution in [-0.2, 0) is 16.8 Å². The Hall–Kier alpha value is -2.92. The first-order valence-corrected chi connectivity index (χ1v) is 8.75. The third-order valence-corrected chi connectivity index (χ3v) is 5.48. The largest absolute Gasteiger partial charge is 0.356 e. The fraction of sp³-hybridized carbons (Fsp3) is 0.190. The Bertz CT molecular complexity index is 1070. The van der Waals surface area contributed by atoms with Crippen LogP contribution >= 0.6 is 0 Å². The molecule has 0 saturated carbocycles. The van der Waals surface area contributed by atoms with Crippen molar-refractivity contribution in [1.82, 2.24) is 10.3 Å². The van der Waals surface area contributed by atoms with Gasteiger partial charge in [-0.1, -0.05) is 24.3 Å². The highest BCUT2D eigenvalue weighted by Crippen LogP contribution is 2.47. The maximum atomic E-state index is 13.8. The average Bonchev–Trinajstić information content (AvgIpc) is 3.13. The predicted molar refractivity (Wildman–Crippen MR) is 99.7 cm³/mol. The first-order chi connectivity index (χ1) is 12.7. The number of nitrogens with zero attached hydrogens (tertiary/aromatic N) is 1. The normalized spacial score (nSPS) is 21.3. The number of carbonyl (C=O) groups is 1. The first kappa shape index (κ1) is 15.3. The number of anilines is 1. The van der Waals surface area contributed by atoms with E-state index in [0.29, 0.717) is 13.1 Å². The minimum atomic E-state index is -0.956. The van der Waals surface area contributed by atoms with Gasteiger partial charge in [-0.15, -0.1) is 6.58 Å². The zero-order chi connectivity index (χ0) is 17.9. The van der Waals surface area contributed by atoms with E-state index in [2.05, 4.69) is 16.9 Å². The van der Waals surface area contributed by atoms with Crippen LogP contribution in [0.2, 0.25) is 0 Å². The number of benzene rings is 2. The van der Waals surface area contributed by atoms with Gasteiger partial charge in [0.1, 0.15) is 5.82 Å². The number of amides is 1. The maximum Gasteiger partial charge on any atom is 0.258 e. The van der Waals surface area contributed by atoms with E-state index >= 15 is 0 Å². The number of hydrogen-bond acceptors (Lipinski definition) is 2. The molecular formula is C21H18FN3O. The van der Waals surface area contributed by atoms with Crippen molar-refractivity contribution < 1.29 is 9.18 Å². The molecule has 1 aromatic heterocycles. The molecule has 5 heteroatoms. The molecule has 1 atom stereocenters. The Morgan fingerprint density at radius 2 is 2.12 bits per heavy atom. The van der Waals surface area contributed by atoms with E-state index in [1.807, 2.05) is 24.3 Å².